The quantitative estimate of drug-likeness (QED) is 0.286. The van der Waals surface area contributed by atoms with Crippen molar-refractivity contribution in [2.24, 2.45) is 0 Å². The van der Waals surface area contributed by atoms with E-state index in [0.29, 0.717) is 40.5 Å². The van der Waals surface area contributed by atoms with Crippen molar-refractivity contribution in [2.75, 3.05) is 24.5 Å². The molecule has 0 unspecified atom stereocenters. The van der Waals surface area contributed by atoms with Gasteiger partial charge in [0.15, 0.2) is 5.65 Å². The molecule has 2 aromatic carbocycles. The Labute approximate surface area is 231 Å². The first kappa shape index (κ1) is 24.5. The highest BCUT2D eigenvalue weighted by atomic mass is 19.1. The minimum absolute atomic E-state index is 0.0718. The molecule has 1 fully saturated rings. The smallest absolute Gasteiger partial charge is 0.273 e. The second kappa shape index (κ2) is 9.86. The van der Waals surface area contributed by atoms with Crippen LogP contribution in [0, 0.1) is 5.82 Å². The number of hydrogen-bond donors (Lipinski definition) is 0. The summed E-state index contributed by atoms with van der Waals surface area (Å²) >= 11 is 0. The predicted octanol–water partition coefficient (Wildman–Crippen LogP) is 5.96. The van der Waals surface area contributed by atoms with E-state index in [1.54, 1.807) is 35.0 Å². The molecule has 2 aliphatic heterocycles. The van der Waals surface area contributed by atoms with Crippen LogP contribution in [0.15, 0.2) is 79.0 Å². The summed E-state index contributed by atoms with van der Waals surface area (Å²) in [6.07, 6.45) is 4.75. The van der Waals surface area contributed by atoms with E-state index in [4.69, 9.17) is 10.1 Å². The number of amides is 1. The third-order valence-electron chi connectivity index (χ3n) is 8.13. The normalized spacial score (nSPS) is 16.9. The van der Waals surface area contributed by atoms with E-state index in [-0.39, 0.29) is 17.8 Å². The molecule has 0 aliphatic carbocycles. The molecule has 2 aliphatic rings. The van der Waals surface area contributed by atoms with Crippen LogP contribution >= 0.6 is 0 Å². The van der Waals surface area contributed by atoms with E-state index < -0.39 is 0 Å². The minimum atomic E-state index is -0.329. The summed E-state index contributed by atoms with van der Waals surface area (Å²) in [5, 5.41) is 4.74. The predicted molar refractivity (Wildman–Crippen MR) is 153 cm³/mol. The van der Waals surface area contributed by atoms with Crippen LogP contribution in [0.25, 0.3) is 28.3 Å². The van der Waals surface area contributed by atoms with Gasteiger partial charge in [-0.2, -0.15) is 5.10 Å². The lowest BCUT2D eigenvalue weighted by Crippen LogP contribution is -2.39. The highest BCUT2D eigenvalue weighted by molar-refractivity contribution is 5.94. The van der Waals surface area contributed by atoms with E-state index in [1.807, 2.05) is 41.3 Å². The minimum Gasteiger partial charge on any atom is -0.371 e. The Kier molecular flexibility index (Phi) is 6.03. The molecule has 1 amide bonds. The van der Waals surface area contributed by atoms with Gasteiger partial charge in [0.2, 0.25) is 0 Å². The molecule has 5 heterocycles. The summed E-state index contributed by atoms with van der Waals surface area (Å²) in [4.78, 5) is 27.2. The molecular formula is C32H29FN6O. The van der Waals surface area contributed by atoms with Crippen LogP contribution in [0.1, 0.15) is 47.4 Å². The van der Waals surface area contributed by atoms with Crippen molar-refractivity contribution < 1.29 is 9.18 Å². The average molecular weight is 533 g/mol. The summed E-state index contributed by atoms with van der Waals surface area (Å²) in [6.45, 7) is 4.56. The molecular weight excluding hydrogens is 503 g/mol. The Morgan fingerprint density at radius 3 is 2.55 bits per heavy atom. The summed E-state index contributed by atoms with van der Waals surface area (Å²) in [5.74, 6) is -0.477. The molecule has 5 aromatic rings. The SMILES string of the molecule is C[C@@H]1c2ccccc2CCN1C(=O)c1cc(-c2ccccn2)n2nc(-c3ccc(N4CCCC4)cc3F)cc2n1. The molecule has 1 atom stereocenters. The number of carbonyl (C=O) groups is 1. The lowest BCUT2D eigenvalue weighted by Gasteiger charge is -2.35. The molecule has 40 heavy (non-hydrogen) atoms. The number of benzene rings is 2. The van der Waals surface area contributed by atoms with Gasteiger partial charge in [0.25, 0.3) is 5.91 Å². The fraction of sp³-hybridized carbons (Fsp3) is 0.250. The molecule has 0 bridgehead atoms. The van der Waals surface area contributed by atoms with Gasteiger partial charge in [-0.1, -0.05) is 30.3 Å². The van der Waals surface area contributed by atoms with Crippen molar-refractivity contribution in [1.82, 2.24) is 24.5 Å². The van der Waals surface area contributed by atoms with Crippen LogP contribution in [-0.2, 0) is 6.42 Å². The highest BCUT2D eigenvalue weighted by Crippen LogP contribution is 2.32. The molecule has 0 spiro atoms. The van der Waals surface area contributed by atoms with Gasteiger partial charge >= 0.3 is 0 Å². The number of pyridine rings is 1. The van der Waals surface area contributed by atoms with Crippen LogP contribution in [-0.4, -0.2) is 50.0 Å². The first-order chi connectivity index (χ1) is 19.6. The third-order valence-corrected chi connectivity index (χ3v) is 8.13. The molecule has 1 saturated heterocycles. The molecule has 7 nitrogen and oxygen atoms in total. The van der Waals surface area contributed by atoms with Gasteiger partial charge in [0.05, 0.1) is 23.1 Å². The van der Waals surface area contributed by atoms with Crippen molar-refractivity contribution in [3.63, 3.8) is 0 Å². The number of fused-ring (bicyclic) bond motifs is 2. The first-order valence-electron chi connectivity index (χ1n) is 13.8. The van der Waals surface area contributed by atoms with Crippen LogP contribution in [0.4, 0.5) is 10.1 Å². The summed E-state index contributed by atoms with van der Waals surface area (Å²) < 4.78 is 17.0. The van der Waals surface area contributed by atoms with Crippen molar-refractivity contribution in [1.29, 1.82) is 0 Å². The van der Waals surface area contributed by atoms with Crippen LogP contribution in [0.5, 0.6) is 0 Å². The number of carbonyl (C=O) groups excluding carboxylic acids is 1. The number of halogens is 1. The second-order valence-electron chi connectivity index (χ2n) is 10.5. The molecule has 7 rings (SSSR count). The van der Waals surface area contributed by atoms with E-state index >= 15 is 4.39 Å². The zero-order valence-electron chi connectivity index (χ0n) is 22.3. The Balaban J connectivity index is 1.30. The van der Waals surface area contributed by atoms with Crippen LogP contribution in [0.3, 0.4) is 0 Å². The number of nitrogens with zero attached hydrogens (tertiary/aromatic N) is 6. The lowest BCUT2D eigenvalue weighted by atomic mass is 9.93. The monoisotopic (exact) mass is 532 g/mol. The topological polar surface area (TPSA) is 66.6 Å². The average Bonchev–Trinajstić information content (AvgIpc) is 3.68. The molecule has 200 valence electrons. The van der Waals surface area contributed by atoms with Crippen LogP contribution in [0.2, 0.25) is 0 Å². The first-order valence-corrected chi connectivity index (χ1v) is 13.8. The van der Waals surface area contributed by atoms with Gasteiger partial charge in [0.1, 0.15) is 11.5 Å². The van der Waals surface area contributed by atoms with Crippen molar-refractivity contribution in [2.45, 2.75) is 32.2 Å². The summed E-state index contributed by atoms with van der Waals surface area (Å²) in [7, 11) is 0. The van der Waals surface area contributed by atoms with Crippen molar-refractivity contribution >= 4 is 17.2 Å². The molecule has 8 heteroatoms. The Bertz CT molecular complexity index is 1730. The molecule has 0 radical (unpaired) electrons. The van der Waals surface area contributed by atoms with Gasteiger partial charge < -0.3 is 9.80 Å². The van der Waals surface area contributed by atoms with Gasteiger partial charge in [-0.05, 0) is 73.7 Å². The van der Waals surface area contributed by atoms with Crippen molar-refractivity contribution in [3.05, 3.63) is 102 Å². The second-order valence-corrected chi connectivity index (χ2v) is 10.5. The number of anilines is 1. The van der Waals surface area contributed by atoms with E-state index in [2.05, 4.69) is 28.9 Å². The zero-order valence-corrected chi connectivity index (χ0v) is 22.3. The number of rotatable bonds is 4. The fourth-order valence-corrected chi connectivity index (χ4v) is 5.99. The van der Waals surface area contributed by atoms with Gasteiger partial charge in [0, 0.05) is 43.1 Å². The lowest BCUT2D eigenvalue weighted by molar-refractivity contribution is 0.0672. The van der Waals surface area contributed by atoms with Crippen LogP contribution < -0.4 is 4.90 Å². The van der Waals surface area contributed by atoms with E-state index in [9.17, 15) is 4.79 Å². The maximum atomic E-state index is 15.4. The van der Waals surface area contributed by atoms with Gasteiger partial charge in [-0.15, -0.1) is 0 Å². The standard InChI is InChI=1S/C32H29FN6O/c1-21-24-9-3-2-8-22(24)13-17-38(21)32(40)29-19-30(27-10-4-5-14-34-27)39-31(35-29)20-28(36-39)25-12-11-23(18-26(25)33)37-15-6-7-16-37/h2-5,8-12,14,18-21H,6-7,13,15-17H2,1H3/t21-/m1/s1. The van der Waals surface area contributed by atoms with E-state index in [1.165, 1.54) is 5.56 Å². The highest BCUT2D eigenvalue weighted by Gasteiger charge is 2.30. The molecule has 0 saturated carbocycles. The summed E-state index contributed by atoms with van der Waals surface area (Å²) in [5.41, 5.74) is 6.24. The zero-order chi connectivity index (χ0) is 27.2. The number of aromatic nitrogens is 4. The molecule has 0 N–H and O–H groups in total. The Hall–Kier alpha value is -4.59. The Morgan fingerprint density at radius 1 is 0.925 bits per heavy atom. The largest absolute Gasteiger partial charge is 0.371 e. The maximum absolute atomic E-state index is 15.4. The fourth-order valence-electron chi connectivity index (χ4n) is 5.99. The maximum Gasteiger partial charge on any atom is 0.273 e. The Morgan fingerprint density at radius 2 is 1.75 bits per heavy atom. The number of hydrogen-bond acceptors (Lipinski definition) is 5. The third kappa shape index (κ3) is 4.20. The molecule has 3 aromatic heterocycles. The van der Waals surface area contributed by atoms with Crippen molar-refractivity contribution in [3.8, 4) is 22.6 Å². The van der Waals surface area contributed by atoms with Gasteiger partial charge in [-0.25, -0.2) is 13.9 Å². The van der Waals surface area contributed by atoms with E-state index in [0.717, 1.165) is 43.6 Å². The van der Waals surface area contributed by atoms with Gasteiger partial charge in [-0.3, -0.25) is 9.78 Å². The summed E-state index contributed by atoms with van der Waals surface area (Å²) in [6, 6.07) is 22.6.